The first-order chi connectivity index (χ1) is 24.2. The average Bonchev–Trinajstić information content (AvgIpc) is 3.57. The Hall–Kier alpha value is -6.51. The van der Waals surface area contributed by atoms with E-state index in [-0.39, 0.29) is 0 Å². The molecule has 0 fully saturated rings. The van der Waals surface area contributed by atoms with E-state index in [0.29, 0.717) is 0 Å². The van der Waals surface area contributed by atoms with Crippen molar-refractivity contribution in [1.82, 2.24) is 9.38 Å². The second kappa shape index (κ2) is 11.0. The summed E-state index contributed by atoms with van der Waals surface area (Å²) in [5.74, 6) is 0. The molecule has 0 bridgehead atoms. The fourth-order valence-corrected chi connectivity index (χ4v) is 7.41. The van der Waals surface area contributed by atoms with Gasteiger partial charge in [0.2, 0.25) is 0 Å². The molecule has 0 saturated carbocycles. The van der Waals surface area contributed by atoms with Crippen LogP contribution in [0.2, 0.25) is 0 Å². The standard InChI is InChI=1S/C47H30N2/c1-3-11-35-25-37(23-19-31(35)9-1)41-27-40(28-42(29-41)38-24-20-32-10-2-4-12-36(32)26-38)33-17-21-34(22-18-33)47-46-30-39-13-5-7-15-44(39)49(46)45-16-8-6-14-43(45)48-47/h1-30H. The van der Waals surface area contributed by atoms with E-state index >= 15 is 0 Å². The van der Waals surface area contributed by atoms with Crippen LogP contribution >= 0.6 is 0 Å². The average molecular weight is 623 g/mol. The molecule has 0 aliphatic rings. The SMILES string of the molecule is c1ccc2cc(-c3cc(-c4ccc(-c5nc6ccccc6n6c5cc5ccccc56)cc4)cc(-c4ccc5ccccc5c4)c3)ccc2c1. The van der Waals surface area contributed by atoms with Gasteiger partial charge in [-0.3, -0.25) is 0 Å². The van der Waals surface area contributed by atoms with Gasteiger partial charge < -0.3 is 4.40 Å². The lowest BCUT2D eigenvalue weighted by Gasteiger charge is -2.13. The van der Waals surface area contributed by atoms with Gasteiger partial charge in [0.1, 0.15) is 0 Å². The molecule has 10 rings (SSSR count). The van der Waals surface area contributed by atoms with Crippen molar-refractivity contribution in [1.29, 1.82) is 0 Å². The van der Waals surface area contributed by atoms with Gasteiger partial charge in [0.25, 0.3) is 0 Å². The molecule has 2 heteroatoms. The van der Waals surface area contributed by atoms with Crippen molar-refractivity contribution in [3.8, 4) is 44.6 Å². The Morgan fingerprint density at radius 3 is 1.39 bits per heavy atom. The fraction of sp³-hybridized carbons (Fsp3) is 0. The number of hydrogen-bond donors (Lipinski definition) is 0. The monoisotopic (exact) mass is 622 g/mol. The highest BCUT2D eigenvalue weighted by molar-refractivity contribution is 5.99. The summed E-state index contributed by atoms with van der Waals surface area (Å²) in [6.45, 7) is 0. The Bertz CT molecular complexity index is 2780. The summed E-state index contributed by atoms with van der Waals surface area (Å²) in [6.07, 6.45) is 0. The van der Waals surface area contributed by atoms with Crippen molar-refractivity contribution in [3.63, 3.8) is 0 Å². The maximum absolute atomic E-state index is 5.21. The first-order valence-electron chi connectivity index (χ1n) is 16.8. The highest BCUT2D eigenvalue weighted by Crippen LogP contribution is 2.37. The second-order valence-corrected chi connectivity index (χ2v) is 12.9. The molecule has 0 N–H and O–H groups in total. The van der Waals surface area contributed by atoms with E-state index in [1.807, 2.05) is 0 Å². The lowest BCUT2D eigenvalue weighted by atomic mass is 9.91. The van der Waals surface area contributed by atoms with Crippen molar-refractivity contribution in [2.24, 2.45) is 0 Å². The van der Waals surface area contributed by atoms with Crippen molar-refractivity contribution < 1.29 is 0 Å². The molecule has 2 heterocycles. The van der Waals surface area contributed by atoms with Crippen molar-refractivity contribution in [2.75, 3.05) is 0 Å². The van der Waals surface area contributed by atoms with Crippen LogP contribution in [0.4, 0.5) is 0 Å². The highest BCUT2D eigenvalue weighted by atomic mass is 14.9. The largest absolute Gasteiger partial charge is 0.306 e. The Kier molecular flexibility index (Phi) is 6.22. The molecule has 8 aromatic carbocycles. The summed E-state index contributed by atoms with van der Waals surface area (Å²) in [4.78, 5) is 5.21. The lowest BCUT2D eigenvalue weighted by molar-refractivity contribution is 1.27. The number of rotatable bonds is 4. The first-order valence-corrected chi connectivity index (χ1v) is 16.8. The molecule has 2 aromatic heterocycles. The zero-order valence-corrected chi connectivity index (χ0v) is 26.7. The first kappa shape index (κ1) is 27.6. The Labute approximate surface area is 284 Å². The van der Waals surface area contributed by atoms with E-state index in [9.17, 15) is 0 Å². The van der Waals surface area contributed by atoms with Crippen LogP contribution in [-0.2, 0) is 0 Å². The fourth-order valence-electron chi connectivity index (χ4n) is 7.41. The van der Waals surface area contributed by atoms with Gasteiger partial charge in [-0.05, 0) is 110 Å². The number of hydrogen-bond acceptors (Lipinski definition) is 1. The molecular formula is C47H30N2. The molecule has 0 amide bonds. The van der Waals surface area contributed by atoms with Crippen LogP contribution in [-0.4, -0.2) is 9.38 Å². The van der Waals surface area contributed by atoms with E-state index in [2.05, 4.69) is 186 Å². The van der Waals surface area contributed by atoms with Crippen LogP contribution in [0, 0.1) is 0 Å². The zero-order chi connectivity index (χ0) is 32.3. The third-order valence-electron chi connectivity index (χ3n) is 9.90. The molecule has 10 aromatic rings. The molecule has 0 aliphatic heterocycles. The number of nitrogens with zero attached hydrogens (tertiary/aromatic N) is 2. The van der Waals surface area contributed by atoms with E-state index < -0.39 is 0 Å². The van der Waals surface area contributed by atoms with Crippen LogP contribution in [0.5, 0.6) is 0 Å². The number of fused-ring (bicyclic) bond motifs is 7. The van der Waals surface area contributed by atoms with Crippen LogP contribution in [0.15, 0.2) is 182 Å². The summed E-state index contributed by atoms with van der Waals surface area (Å²) >= 11 is 0. The quantitative estimate of drug-likeness (QED) is 0.191. The van der Waals surface area contributed by atoms with Crippen LogP contribution in [0.3, 0.4) is 0 Å². The van der Waals surface area contributed by atoms with Gasteiger partial charge in [-0.15, -0.1) is 0 Å². The van der Waals surface area contributed by atoms with Gasteiger partial charge in [0.05, 0.1) is 27.8 Å². The Balaban J connectivity index is 1.13. The number of aromatic nitrogens is 2. The minimum atomic E-state index is 0.985. The van der Waals surface area contributed by atoms with Crippen molar-refractivity contribution in [3.05, 3.63) is 182 Å². The third-order valence-corrected chi connectivity index (χ3v) is 9.90. The van der Waals surface area contributed by atoms with Gasteiger partial charge in [0, 0.05) is 10.9 Å². The van der Waals surface area contributed by atoms with Gasteiger partial charge >= 0.3 is 0 Å². The minimum Gasteiger partial charge on any atom is -0.306 e. The summed E-state index contributed by atoms with van der Waals surface area (Å²) < 4.78 is 2.35. The predicted molar refractivity (Wildman–Crippen MR) is 207 cm³/mol. The van der Waals surface area contributed by atoms with Crippen molar-refractivity contribution in [2.45, 2.75) is 0 Å². The minimum absolute atomic E-state index is 0.985. The molecule has 2 nitrogen and oxygen atoms in total. The molecule has 49 heavy (non-hydrogen) atoms. The smallest absolute Gasteiger partial charge is 0.0950 e. The zero-order valence-electron chi connectivity index (χ0n) is 26.7. The molecule has 228 valence electrons. The molecule has 0 spiro atoms. The molecule has 0 unspecified atom stereocenters. The van der Waals surface area contributed by atoms with Crippen molar-refractivity contribution >= 4 is 49.0 Å². The number of para-hydroxylation sites is 3. The lowest BCUT2D eigenvalue weighted by Crippen LogP contribution is -1.95. The Morgan fingerprint density at radius 2 is 0.755 bits per heavy atom. The predicted octanol–water partition coefficient (Wildman–Crippen LogP) is 12.6. The normalized spacial score (nSPS) is 11.7. The summed E-state index contributed by atoms with van der Waals surface area (Å²) in [5.41, 5.74) is 13.7. The van der Waals surface area contributed by atoms with Crippen LogP contribution < -0.4 is 0 Å². The summed E-state index contributed by atoms with van der Waals surface area (Å²) in [6, 6.07) is 65.9. The maximum atomic E-state index is 5.21. The third kappa shape index (κ3) is 4.69. The van der Waals surface area contributed by atoms with Gasteiger partial charge in [-0.25, -0.2) is 4.98 Å². The number of benzene rings is 8. The molecule has 0 saturated heterocycles. The molecule has 0 aliphatic carbocycles. The second-order valence-electron chi connectivity index (χ2n) is 12.9. The van der Waals surface area contributed by atoms with E-state index in [1.54, 1.807) is 0 Å². The molecule has 0 atom stereocenters. The van der Waals surface area contributed by atoms with Crippen LogP contribution in [0.25, 0.3) is 93.6 Å². The van der Waals surface area contributed by atoms with Gasteiger partial charge in [-0.1, -0.05) is 127 Å². The van der Waals surface area contributed by atoms with E-state index in [0.717, 1.165) is 27.8 Å². The highest BCUT2D eigenvalue weighted by Gasteiger charge is 2.15. The van der Waals surface area contributed by atoms with Gasteiger partial charge in [-0.2, -0.15) is 0 Å². The summed E-state index contributed by atoms with van der Waals surface area (Å²) in [5, 5.41) is 6.20. The topological polar surface area (TPSA) is 17.3 Å². The van der Waals surface area contributed by atoms with Crippen LogP contribution in [0.1, 0.15) is 0 Å². The van der Waals surface area contributed by atoms with E-state index in [1.165, 1.54) is 65.8 Å². The van der Waals surface area contributed by atoms with Gasteiger partial charge in [0.15, 0.2) is 0 Å². The molecule has 0 radical (unpaired) electrons. The Morgan fingerprint density at radius 1 is 0.286 bits per heavy atom. The van der Waals surface area contributed by atoms with E-state index in [4.69, 9.17) is 4.98 Å². The summed E-state index contributed by atoms with van der Waals surface area (Å²) in [7, 11) is 0. The maximum Gasteiger partial charge on any atom is 0.0950 e. The molecular weight excluding hydrogens is 593 g/mol.